The van der Waals surface area contributed by atoms with Crippen LogP contribution in [-0.2, 0) is 4.79 Å². The Morgan fingerprint density at radius 2 is 1.62 bits per heavy atom. The minimum atomic E-state index is -5.12. The molecule has 0 unspecified atom stereocenters. The molecule has 0 aliphatic rings. The Bertz CT molecular complexity index is 841. The van der Waals surface area contributed by atoms with Crippen molar-refractivity contribution >= 4 is 11.8 Å². The molecule has 0 saturated heterocycles. The lowest BCUT2D eigenvalue weighted by Crippen LogP contribution is -2.18. The summed E-state index contributed by atoms with van der Waals surface area (Å²) in [6, 6.07) is 7.09. The van der Waals surface area contributed by atoms with E-state index < -0.39 is 41.3 Å². The van der Waals surface area contributed by atoms with Gasteiger partial charge < -0.3 is 9.47 Å². The molecule has 3 nitrogen and oxygen atoms in total. The van der Waals surface area contributed by atoms with Gasteiger partial charge in [-0.2, -0.15) is 4.39 Å². The highest BCUT2D eigenvalue weighted by atomic mass is 19.4. The van der Waals surface area contributed by atoms with Gasteiger partial charge in [0.05, 0.1) is 0 Å². The average molecular weight is 376 g/mol. The Kier molecular flexibility index (Phi) is 5.59. The molecule has 26 heavy (non-hydrogen) atoms. The molecule has 0 heterocycles. The standard InChI is InChI=1S/C17H10F6O3/c1-9-2-4-10(5-3-9)14(19)15(20)16(24)25-11-6-7-13(12(18)8-11)26-17(21,22)23/h2-8H,1H3/b15-14+. The van der Waals surface area contributed by atoms with Crippen molar-refractivity contribution in [2.75, 3.05) is 0 Å². The molecular formula is C17H10F6O3. The van der Waals surface area contributed by atoms with Crippen LogP contribution in [0.25, 0.3) is 5.83 Å². The molecule has 0 amide bonds. The maximum atomic E-state index is 13.9. The van der Waals surface area contributed by atoms with Gasteiger partial charge in [-0.1, -0.05) is 29.8 Å². The van der Waals surface area contributed by atoms with E-state index in [9.17, 15) is 31.1 Å². The molecule has 0 fully saturated rings. The predicted octanol–water partition coefficient (Wildman–Crippen LogP) is 5.25. The average Bonchev–Trinajstić information content (AvgIpc) is 2.55. The van der Waals surface area contributed by atoms with Gasteiger partial charge in [-0.15, -0.1) is 13.2 Å². The summed E-state index contributed by atoms with van der Waals surface area (Å²) in [5, 5.41) is 0. The predicted molar refractivity (Wildman–Crippen MR) is 79.0 cm³/mol. The third-order valence-corrected chi connectivity index (χ3v) is 3.02. The molecule has 138 valence electrons. The molecule has 0 spiro atoms. The lowest BCUT2D eigenvalue weighted by atomic mass is 10.1. The first-order valence-electron chi connectivity index (χ1n) is 6.96. The molecule has 2 rings (SSSR count). The summed E-state index contributed by atoms with van der Waals surface area (Å²) in [7, 11) is 0. The summed E-state index contributed by atoms with van der Waals surface area (Å²) in [5.74, 6) is -8.44. The van der Waals surface area contributed by atoms with E-state index in [2.05, 4.69) is 9.47 Å². The minimum absolute atomic E-state index is 0.217. The Morgan fingerprint density at radius 1 is 1.00 bits per heavy atom. The van der Waals surface area contributed by atoms with Gasteiger partial charge in [-0.25, -0.2) is 13.6 Å². The van der Waals surface area contributed by atoms with Gasteiger partial charge in [0.2, 0.25) is 5.83 Å². The zero-order chi connectivity index (χ0) is 19.5. The second kappa shape index (κ2) is 7.51. The largest absolute Gasteiger partial charge is 0.573 e. The zero-order valence-electron chi connectivity index (χ0n) is 13.0. The van der Waals surface area contributed by atoms with Gasteiger partial charge in [-0.3, -0.25) is 0 Å². The molecule has 0 radical (unpaired) electrons. The van der Waals surface area contributed by atoms with E-state index in [4.69, 9.17) is 0 Å². The molecule has 0 bridgehead atoms. The summed E-state index contributed by atoms with van der Waals surface area (Å²) in [6.45, 7) is 1.72. The minimum Gasteiger partial charge on any atom is -0.421 e. The maximum absolute atomic E-state index is 13.9. The van der Waals surface area contributed by atoms with E-state index >= 15 is 0 Å². The number of halogens is 6. The van der Waals surface area contributed by atoms with Crippen LogP contribution >= 0.6 is 0 Å². The van der Waals surface area contributed by atoms with Crippen LogP contribution in [0.5, 0.6) is 11.5 Å². The van der Waals surface area contributed by atoms with Gasteiger partial charge in [0, 0.05) is 11.6 Å². The summed E-state index contributed by atoms with van der Waals surface area (Å²) in [4.78, 5) is 11.6. The van der Waals surface area contributed by atoms with Crippen LogP contribution in [0.1, 0.15) is 11.1 Å². The van der Waals surface area contributed by atoms with E-state index in [0.29, 0.717) is 12.1 Å². The first-order valence-corrected chi connectivity index (χ1v) is 6.96. The fourth-order valence-corrected chi connectivity index (χ4v) is 1.82. The smallest absolute Gasteiger partial charge is 0.421 e. The van der Waals surface area contributed by atoms with E-state index in [1.807, 2.05) is 0 Å². The lowest BCUT2D eigenvalue weighted by molar-refractivity contribution is -0.275. The van der Waals surface area contributed by atoms with Gasteiger partial charge >= 0.3 is 12.3 Å². The highest BCUT2D eigenvalue weighted by Crippen LogP contribution is 2.29. The third kappa shape index (κ3) is 5.01. The van der Waals surface area contributed by atoms with Crippen molar-refractivity contribution in [2.45, 2.75) is 13.3 Å². The first-order chi connectivity index (χ1) is 12.1. The molecule has 0 aromatic heterocycles. The fraction of sp³-hybridized carbons (Fsp3) is 0.118. The Balaban J connectivity index is 2.17. The highest BCUT2D eigenvalue weighted by Gasteiger charge is 2.32. The number of carbonyl (C=O) groups excluding carboxylic acids is 1. The Morgan fingerprint density at radius 3 is 2.15 bits per heavy atom. The summed E-state index contributed by atoms with van der Waals surface area (Å²) >= 11 is 0. The summed E-state index contributed by atoms with van der Waals surface area (Å²) < 4.78 is 85.2. The van der Waals surface area contributed by atoms with Crippen molar-refractivity contribution in [3.63, 3.8) is 0 Å². The Labute approximate surface area is 143 Å². The SMILES string of the molecule is Cc1ccc(/C(F)=C(\F)C(=O)Oc2ccc(OC(F)(F)F)c(F)c2)cc1. The number of hydrogen-bond acceptors (Lipinski definition) is 3. The highest BCUT2D eigenvalue weighted by molar-refractivity contribution is 5.94. The summed E-state index contributed by atoms with van der Waals surface area (Å²) in [6.07, 6.45) is -5.12. The topological polar surface area (TPSA) is 35.5 Å². The van der Waals surface area contributed by atoms with Crippen LogP contribution in [0.2, 0.25) is 0 Å². The van der Waals surface area contributed by atoms with Crippen molar-refractivity contribution in [1.82, 2.24) is 0 Å². The number of hydrogen-bond donors (Lipinski definition) is 0. The van der Waals surface area contributed by atoms with E-state index in [1.165, 1.54) is 24.3 Å². The van der Waals surface area contributed by atoms with Crippen molar-refractivity contribution in [3.05, 3.63) is 65.2 Å². The van der Waals surface area contributed by atoms with E-state index in [0.717, 1.165) is 11.6 Å². The van der Waals surface area contributed by atoms with Crippen LogP contribution in [0.15, 0.2) is 48.3 Å². The van der Waals surface area contributed by atoms with Crippen molar-refractivity contribution in [2.24, 2.45) is 0 Å². The van der Waals surface area contributed by atoms with Crippen LogP contribution in [0, 0.1) is 12.7 Å². The van der Waals surface area contributed by atoms with Crippen molar-refractivity contribution in [1.29, 1.82) is 0 Å². The number of carbonyl (C=O) groups is 1. The fourth-order valence-electron chi connectivity index (χ4n) is 1.82. The second-order valence-corrected chi connectivity index (χ2v) is 5.02. The molecule has 0 aliphatic heterocycles. The lowest BCUT2D eigenvalue weighted by Gasteiger charge is -2.10. The van der Waals surface area contributed by atoms with Gasteiger partial charge in [0.15, 0.2) is 17.4 Å². The van der Waals surface area contributed by atoms with E-state index in [1.54, 1.807) is 6.92 Å². The quantitative estimate of drug-likeness (QED) is 0.317. The zero-order valence-corrected chi connectivity index (χ0v) is 13.0. The van der Waals surface area contributed by atoms with Gasteiger partial charge in [0.1, 0.15) is 5.75 Å². The van der Waals surface area contributed by atoms with Crippen LogP contribution in [0.4, 0.5) is 26.3 Å². The number of rotatable bonds is 4. The number of ether oxygens (including phenoxy) is 2. The number of aryl methyl sites for hydroxylation is 1. The van der Waals surface area contributed by atoms with E-state index in [-0.39, 0.29) is 5.56 Å². The molecule has 0 atom stereocenters. The molecule has 9 heteroatoms. The van der Waals surface area contributed by atoms with Crippen molar-refractivity contribution in [3.8, 4) is 11.5 Å². The van der Waals surface area contributed by atoms with Gasteiger partial charge in [0.25, 0.3) is 0 Å². The summed E-state index contributed by atoms with van der Waals surface area (Å²) in [5.41, 5.74) is 0.561. The normalized spacial score (nSPS) is 12.4. The molecule has 0 saturated carbocycles. The number of benzene rings is 2. The second-order valence-electron chi connectivity index (χ2n) is 5.02. The van der Waals surface area contributed by atoms with Crippen LogP contribution in [0.3, 0.4) is 0 Å². The molecule has 2 aromatic rings. The first kappa shape index (κ1) is 19.4. The number of alkyl halides is 3. The molecule has 0 N–H and O–H groups in total. The Hall–Kier alpha value is -2.97. The third-order valence-electron chi connectivity index (χ3n) is 3.02. The molecule has 0 aliphatic carbocycles. The monoisotopic (exact) mass is 376 g/mol. The van der Waals surface area contributed by atoms with Crippen molar-refractivity contribution < 1.29 is 40.6 Å². The molecular weight excluding hydrogens is 366 g/mol. The van der Waals surface area contributed by atoms with Crippen LogP contribution < -0.4 is 9.47 Å². The molecule has 2 aromatic carbocycles. The van der Waals surface area contributed by atoms with Crippen LogP contribution in [-0.4, -0.2) is 12.3 Å². The number of esters is 1. The maximum Gasteiger partial charge on any atom is 0.573 e. The van der Waals surface area contributed by atoms with Gasteiger partial charge in [-0.05, 0) is 19.1 Å².